The number of fused-ring (bicyclic) bond motifs is 3. The van der Waals surface area contributed by atoms with Crippen molar-refractivity contribution >= 4 is 21.6 Å². The molecule has 0 spiro atoms. The molecular formula is C11H10BrFN4O. The first-order valence-corrected chi connectivity index (χ1v) is 6.14. The molecule has 0 N–H and O–H groups in total. The van der Waals surface area contributed by atoms with Crippen LogP contribution in [0.15, 0.2) is 21.4 Å². The van der Waals surface area contributed by atoms with Gasteiger partial charge in [-0.25, -0.2) is 18.4 Å². The standard InChI is InChI=1S/C11H10BrFN4O/c1-15-5-9-14-16(2)11(18)17(9)8-4-6(13)3-7(12)10(8)15/h3-4H,5H2,1-2H3. The lowest BCUT2D eigenvalue weighted by Gasteiger charge is -2.28. The van der Waals surface area contributed by atoms with Crippen molar-refractivity contribution in [3.8, 4) is 5.69 Å². The fourth-order valence-corrected chi connectivity index (χ4v) is 2.98. The van der Waals surface area contributed by atoms with Gasteiger partial charge < -0.3 is 4.90 Å². The Morgan fingerprint density at radius 3 is 2.83 bits per heavy atom. The highest BCUT2D eigenvalue weighted by Crippen LogP contribution is 2.36. The van der Waals surface area contributed by atoms with Gasteiger partial charge in [-0.05, 0) is 22.0 Å². The van der Waals surface area contributed by atoms with Crippen LogP contribution in [0.25, 0.3) is 5.69 Å². The molecule has 3 rings (SSSR count). The van der Waals surface area contributed by atoms with E-state index < -0.39 is 5.82 Å². The van der Waals surface area contributed by atoms with E-state index in [9.17, 15) is 9.18 Å². The number of anilines is 1. The van der Waals surface area contributed by atoms with Crippen LogP contribution in [0.5, 0.6) is 0 Å². The number of nitrogens with zero attached hydrogens (tertiary/aromatic N) is 4. The molecule has 0 saturated heterocycles. The van der Waals surface area contributed by atoms with Gasteiger partial charge >= 0.3 is 5.69 Å². The van der Waals surface area contributed by atoms with Crippen LogP contribution >= 0.6 is 15.9 Å². The predicted octanol–water partition coefficient (Wildman–Crippen LogP) is 1.42. The molecule has 18 heavy (non-hydrogen) atoms. The van der Waals surface area contributed by atoms with Gasteiger partial charge in [0.1, 0.15) is 5.82 Å². The van der Waals surface area contributed by atoms with Gasteiger partial charge in [-0.2, -0.15) is 5.10 Å². The van der Waals surface area contributed by atoms with Gasteiger partial charge in [-0.3, -0.25) is 0 Å². The average Bonchev–Trinajstić information content (AvgIpc) is 2.53. The molecule has 94 valence electrons. The van der Waals surface area contributed by atoms with Gasteiger partial charge in [0.05, 0.1) is 17.9 Å². The highest BCUT2D eigenvalue weighted by atomic mass is 79.9. The monoisotopic (exact) mass is 312 g/mol. The van der Waals surface area contributed by atoms with Crippen LogP contribution in [-0.4, -0.2) is 21.4 Å². The lowest BCUT2D eigenvalue weighted by atomic mass is 10.2. The minimum absolute atomic E-state index is 0.267. The summed E-state index contributed by atoms with van der Waals surface area (Å²) < 4.78 is 16.9. The smallest absolute Gasteiger partial charge is 0.350 e. The molecular weight excluding hydrogens is 303 g/mol. The highest BCUT2D eigenvalue weighted by Gasteiger charge is 2.26. The van der Waals surface area contributed by atoms with E-state index in [1.165, 1.54) is 21.4 Å². The largest absolute Gasteiger partial charge is 0.364 e. The van der Waals surface area contributed by atoms with Gasteiger partial charge in [-0.1, -0.05) is 0 Å². The van der Waals surface area contributed by atoms with E-state index >= 15 is 0 Å². The van der Waals surface area contributed by atoms with Crippen molar-refractivity contribution in [3.63, 3.8) is 0 Å². The van der Waals surface area contributed by atoms with Crippen molar-refractivity contribution in [2.75, 3.05) is 11.9 Å². The van der Waals surface area contributed by atoms with Crippen LogP contribution in [0, 0.1) is 5.82 Å². The molecule has 1 aliphatic rings. The number of hydrogen-bond donors (Lipinski definition) is 0. The van der Waals surface area contributed by atoms with Crippen molar-refractivity contribution in [2.24, 2.45) is 7.05 Å². The van der Waals surface area contributed by atoms with Crippen molar-refractivity contribution in [1.82, 2.24) is 14.3 Å². The number of benzene rings is 1. The summed E-state index contributed by atoms with van der Waals surface area (Å²) >= 11 is 3.33. The summed E-state index contributed by atoms with van der Waals surface area (Å²) in [5.74, 6) is 0.215. The van der Waals surface area contributed by atoms with Crippen LogP contribution in [-0.2, 0) is 13.6 Å². The lowest BCUT2D eigenvalue weighted by Crippen LogP contribution is -2.31. The maximum atomic E-state index is 13.5. The summed E-state index contributed by atoms with van der Waals surface area (Å²) in [6.45, 7) is 0.507. The van der Waals surface area contributed by atoms with E-state index in [0.29, 0.717) is 22.5 Å². The van der Waals surface area contributed by atoms with E-state index in [4.69, 9.17) is 0 Å². The van der Waals surface area contributed by atoms with E-state index in [-0.39, 0.29) is 5.69 Å². The molecule has 2 aromatic rings. The first-order valence-electron chi connectivity index (χ1n) is 5.34. The van der Waals surface area contributed by atoms with E-state index in [1.807, 2.05) is 11.9 Å². The molecule has 0 fully saturated rings. The van der Waals surface area contributed by atoms with Gasteiger partial charge in [0.15, 0.2) is 5.82 Å². The first kappa shape index (κ1) is 11.5. The molecule has 7 heteroatoms. The maximum Gasteiger partial charge on any atom is 0.350 e. The molecule has 0 aliphatic carbocycles. The third-order valence-corrected chi connectivity index (χ3v) is 3.61. The molecule has 5 nitrogen and oxygen atoms in total. The normalized spacial score (nSPS) is 13.4. The Balaban J connectivity index is 2.42. The topological polar surface area (TPSA) is 43.1 Å². The molecule has 0 saturated carbocycles. The number of halogens is 2. The van der Waals surface area contributed by atoms with Crippen molar-refractivity contribution in [3.05, 3.63) is 38.7 Å². The van der Waals surface area contributed by atoms with Gasteiger partial charge in [0, 0.05) is 24.6 Å². The Labute approximate surface area is 111 Å². The quantitative estimate of drug-likeness (QED) is 0.739. The Kier molecular flexibility index (Phi) is 2.34. The van der Waals surface area contributed by atoms with E-state index in [2.05, 4.69) is 21.0 Å². The van der Waals surface area contributed by atoms with Crippen LogP contribution < -0.4 is 10.6 Å². The Morgan fingerprint density at radius 2 is 2.11 bits per heavy atom. The fraction of sp³-hybridized carbons (Fsp3) is 0.273. The van der Waals surface area contributed by atoms with Crippen molar-refractivity contribution in [2.45, 2.75) is 6.54 Å². The Bertz CT molecular complexity index is 706. The third kappa shape index (κ3) is 1.43. The number of aromatic nitrogens is 3. The molecule has 0 atom stereocenters. The second-order valence-corrected chi connectivity index (χ2v) is 5.12. The zero-order chi connectivity index (χ0) is 13.0. The molecule has 0 unspecified atom stereocenters. The molecule has 2 heterocycles. The lowest BCUT2D eigenvalue weighted by molar-refractivity contribution is 0.622. The van der Waals surface area contributed by atoms with Crippen LogP contribution in [0.3, 0.4) is 0 Å². The van der Waals surface area contributed by atoms with Gasteiger partial charge in [0.2, 0.25) is 0 Å². The highest BCUT2D eigenvalue weighted by molar-refractivity contribution is 9.10. The summed E-state index contributed by atoms with van der Waals surface area (Å²) in [4.78, 5) is 13.9. The minimum Gasteiger partial charge on any atom is -0.364 e. The molecule has 0 amide bonds. The van der Waals surface area contributed by atoms with Crippen LogP contribution in [0.1, 0.15) is 5.82 Å². The third-order valence-electron chi connectivity index (χ3n) is 3.00. The molecule has 0 bridgehead atoms. The van der Waals surface area contributed by atoms with Crippen molar-refractivity contribution < 1.29 is 4.39 Å². The first-order chi connectivity index (χ1) is 8.49. The Hall–Kier alpha value is -1.63. The second-order valence-electron chi connectivity index (χ2n) is 4.27. The number of rotatable bonds is 0. The van der Waals surface area contributed by atoms with Gasteiger partial charge in [-0.15, -0.1) is 0 Å². The molecule has 1 aliphatic heterocycles. The fourth-order valence-electron chi connectivity index (χ4n) is 2.25. The average molecular weight is 313 g/mol. The maximum absolute atomic E-state index is 13.5. The summed E-state index contributed by atoms with van der Waals surface area (Å²) in [5.41, 5.74) is 1.04. The summed E-state index contributed by atoms with van der Waals surface area (Å²) in [6, 6.07) is 2.74. The second kappa shape index (κ2) is 3.68. The molecule has 0 radical (unpaired) electrons. The van der Waals surface area contributed by atoms with Crippen LogP contribution in [0.4, 0.5) is 10.1 Å². The van der Waals surface area contributed by atoms with Crippen molar-refractivity contribution in [1.29, 1.82) is 0 Å². The summed E-state index contributed by atoms with van der Waals surface area (Å²) in [6.07, 6.45) is 0. The minimum atomic E-state index is -0.391. The molecule has 1 aromatic carbocycles. The Morgan fingerprint density at radius 1 is 1.39 bits per heavy atom. The van der Waals surface area contributed by atoms with E-state index in [1.54, 1.807) is 7.05 Å². The van der Waals surface area contributed by atoms with Gasteiger partial charge in [0.25, 0.3) is 0 Å². The number of hydrogen-bond acceptors (Lipinski definition) is 3. The van der Waals surface area contributed by atoms with Crippen LogP contribution in [0.2, 0.25) is 0 Å². The molecule has 1 aromatic heterocycles. The predicted molar refractivity (Wildman–Crippen MR) is 68.6 cm³/mol. The summed E-state index contributed by atoms with van der Waals surface area (Å²) in [7, 11) is 3.46. The SMILES string of the molecule is CN1Cc2nn(C)c(=O)n2-c2cc(F)cc(Br)c21. The summed E-state index contributed by atoms with van der Waals surface area (Å²) in [5, 5.41) is 4.15. The zero-order valence-electron chi connectivity index (χ0n) is 9.81. The van der Waals surface area contributed by atoms with E-state index in [0.717, 1.165) is 5.69 Å². The zero-order valence-corrected chi connectivity index (χ0v) is 11.4. The number of aryl methyl sites for hydroxylation is 1.